The third-order valence-electron chi connectivity index (χ3n) is 6.01. The van der Waals surface area contributed by atoms with Crippen LogP contribution in [0.1, 0.15) is 41.1 Å². The number of fused-ring (bicyclic) bond motifs is 1. The highest BCUT2D eigenvalue weighted by Gasteiger charge is 2.23. The summed E-state index contributed by atoms with van der Waals surface area (Å²) >= 11 is 6.29. The van der Waals surface area contributed by atoms with Gasteiger partial charge in [-0.15, -0.1) is 5.10 Å². The molecule has 180 valence electrons. The summed E-state index contributed by atoms with van der Waals surface area (Å²) in [4.78, 5) is 17.3. The maximum Gasteiger partial charge on any atom is 0.268 e. The summed E-state index contributed by atoms with van der Waals surface area (Å²) < 4.78 is 3.51. The zero-order valence-corrected chi connectivity index (χ0v) is 19.9. The van der Waals surface area contributed by atoms with Crippen LogP contribution in [0.4, 0.5) is 0 Å². The predicted octanol–water partition coefficient (Wildman–Crippen LogP) is 1.94. The third-order valence-corrected chi connectivity index (χ3v) is 6.42. The molecule has 3 heterocycles. The van der Waals surface area contributed by atoms with E-state index in [1.165, 1.54) is 40.6 Å². The molecular formula is C23H25ClN10O. The summed E-state index contributed by atoms with van der Waals surface area (Å²) in [6.45, 7) is 2.33. The lowest BCUT2D eigenvalue weighted by molar-refractivity contribution is -0.117. The van der Waals surface area contributed by atoms with E-state index in [1.807, 2.05) is 23.6 Å². The quantitative estimate of drug-likeness (QED) is 0.192. The monoisotopic (exact) mass is 492 g/mol. The van der Waals surface area contributed by atoms with Gasteiger partial charge in [0.15, 0.2) is 0 Å². The molecule has 5 N–H and O–H groups in total. The number of rotatable bonds is 8. The molecule has 3 aromatic heterocycles. The third kappa shape index (κ3) is 4.96. The molecule has 0 bridgehead atoms. The van der Waals surface area contributed by atoms with Gasteiger partial charge in [-0.1, -0.05) is 17.7 Å². The predicted molar refractivity (Wildman–Crippen MR) is 130 cm³/mol. The number of halogens is 1. The molecule has 0 saturated heterocycles. The van der Waals surface area contributed by atoms with Crippen molar-refractivity contribution in [2.24, 2.45) is 11.6 Å². The first kappa shape index (κ1) is 22.8. The zero-order chi connectivity index (χ0) is 24.5. The van der Waals surface area contributed by atoms with Crippen molar-refractivity contribution < 1.29 is 4.79 Å². The number of carbonyl (C=O) groups is 1. The summed E-state index contributed by atoms with van der Waals surface area (Å²) in [6.07, 6.45) is 9.40. The Hall–Kier alpha value is -3.96. The fourth-order valence-electron chi connectivity index (χ4n) is 3.96. The van der Waals surface area contributed by atoms with E-state index in [2.05, 4.69) is 38.1 Å². The Labute approximate surface area is 206 Å². The van der Waals surface area contributed by atoms with Crippen molar-refractivity contribution in [3.8, 4) is 5.69 Å². The molecule has 5 rings (SSSR count). The van der Waals surface area contributed by atoms with Crippen LogP contribution in [0.2, 0.25) is 5.02 Å². The number of imidazole rings is 1. The lowest BCUT2D eigenvalue weighted by Crippen LogP contribution is -2.33. The van der Waals surface area contributed by atoms with Crippen LogP contribution in [0.25, 0.3) is 11.3 Å². The molecule has 0 radical (unpaired) electrons. The van der Waals surface area contributed by atoms with Crippen molar-refractivity contribution in [3.05, 3.63) is 82.3 Å². The summed E-state index contributed by atoms with van der Waals surface area (Å²) in [7, 11) is 0. The second-order valence-corrected chi connectivity index (χ2v) is 9.01. The summed E-state index contributed by atoms with van der Waals surface area (Å²) in [5.41, 5.74) is 11.2. The Morgan fingerprint density at radius 2 is 2.11 bits per heavy atom. The molecule has 12 heteroatoms. The maximum atomic E-state index is 12.7. The minimum absolute atomic E-state index is 0.0315. The first-order valence-electron chi connectivity index (χ1n) is 11.1. The largest absolute Gasteiger partial charge is 0.393 e. The fraction of sp³-hybridized carbons (Fsp3) is 0.261. The number of nitrogens with two attached hydrogens (primary N) is 2. The van der Waals surface area contributed by atoms with Crippen molar-refractivity contribution >= 4 is 23.2 Å². The molecule has 35 heavy (non-hydrogen) atoms. The number of carbonyl (C=O) groups excluding carboxylic acids is 1. The molecule has 0 atom stereocenters. The summed E-state index contributed by atoms with van der Waals surface area (Å²) in [6, 6.07) is 7.68. The molecule has 1 amide bonds. The minimum Gasteiger partial charge on any atom is -0.393 e. The SMILES string of the molecule is Cc1c(Cl)ccc(-n2cnnn2)c1CNC(=O)/C(N)=C/N(N)Cc1cn2cc(C3CC3)ccc2n1. The van der Waals surface area contributed by atoms with Crippen molar-refractivity contribution in [3.63, 3.8) is 0 Å². The first-order chi connectivity index (χ1) is 16.9. The van der Waals surface area contributed by atoms with Gasteiger partial charge < -0.3 is 20.5 Å². The van der Waals surface area contributed by atoms with Crippen LogP contribution in [0.15, 0.2) is 54.9 Å². The molecule has 0 spiro atoms. The van der Waals surface area contributed by atoms with E-state index in [9.17, 15) is 4.79 Å². The highest BCUT2D eigenvalue weighted by atomic mass is 35.5. The molecule has 1 fully saturated rings. The van der Waals surface area contributed by atoms with Gasteiger partial charge in [-0.2, -0.15) is 0 Å². The Kier molecular flexibility index (Phi) is 6.10. The van der Waals surface area contributed by atoms with E-state index in [-0.39, 0.29) is 12.2 Å². The molecule has 0 aliphatic heterocycles. The van der Waals surface area contributed by atoms with Gasteiger partial charge in [0.2, 0.25) is 0 Å². The Bertz CT molecular complexity index is 1410. The van der Waals surface area contributed by atoms with Gasteiger partial charge in [0.25, 0.3) is 5.91 Å². The van der Waals surface area contributed by atoms with Gasteiger partial charge in [0.05, 0.1) is 17.9 Å². The van der Waals surface area contributed by atoms with E-state index in [0.29, 0.717) is 23.2 Å². The summed E-state index contributed by atoms with van der Waals surface area (Å²) in [5.74, 6) is 6.30. The van der Waals surface area contributed by atoms with Crippen LogP contribution in [0, 0.1) is 6.92 Å². The number of hydrogen-bond acceptors (Lipinski definition) is 8. The number of benzene rings is 1. The Morgan fingerprint density at radius 3 is 2.86 bits per heavy atom. The summed E-state index contributed by atoms with van der Waals surface area (Å²) in [5, 5.41) is 16.0. The van der Waals surface area contributed by atoms with E-state index >= 15 is 0 Å². The second kappa shape index (κ2) is 9.35. The Morgan fingerprint density at radius 1 is 1.29 bits per heavy atom. The van der Waals surface area contributed by atoms with E-state index in [0.717, 1.165) is 22.5 Å². The molecule has 0 unspecified atom stereocenters. The molecule has 1 aliphatic carbocycles. The number of aromatic nitrogens is 6. The fourth-order valence-corrected chi connectivity index (χ4v) is 4.14. The van der Waals surface area contributed by atoms with Crippen LogP contribution in [0.5, 0.6) is 0 Å². The van der Waals surface area contributed by atoms with Crippen LogP contribution in [0.3, 0.4) is 0 Å². The topological polar surface area (TPSA) is 145 Å². The number of hydrogen-bond donors (Lipinski definition) is 3. The molecule has 1 aromatic carbocycles. The lowest BCUT2D eigenvalue weighted by Gasteiger charge is -2.15. The van der Waals surface area contributed by atoms with Crippen molar-refractivity contribution in [2.75, 3.05) is 0 Å². The average molecular weight is 493 g/mol. The van der Waals surface area contributed by atoms with Crippen LogP contribution in [-0.2, 0) is 17.9 Å². The van der Waals surface area contributed by atoms with E-state index in [4.69, 9.17) is 23.2 Å². The molecular weight excluding hydrogens is 468 g/mol. The van der Waals surface area contributed by atoms with Crippen molar-refractivity contribution in [1.82, 2.24) is 39.9 Å². The number of hydrazine groups is 1. The highest BCUT2D eigenvalue weighted by molar-refractivity contribution is 6.31. The average Bonchev–Trinajstić information content (AvgIpc) is 3.39. The van der Waals surface area contributed by atoms with Gasteiger partial charge in [0.1, 0.15) is 17.7 Å². The van der Waals surface area contributed by atoms with Crippen molar-refractivity contribution in [2.45, 2.75) is 38.8 Å². The first-order valence-corrected chi connectivity index (χ1v) is 11.5. The van der Waals surface area contributed by atoms with Crippen molar-refractivity contribution in [1.29, 1.82) is 0 Å². The lowest BCUT2D eigenvalue weighted by atomic mass is 10.1. The minimum atomic E-state index is -0.466. The molecule has 11 nitrogen and oxygen atoms in total. The highest BCUT2D eigenvalue weighted by Crippen LogP contribution is 2.39. The van der Waals surface area contributed by atoms with E-state index in [1.54, 1.807) is 12.1 Å². The number of nitrogens with one attached hydrogen (secondary N) is 1. The van der Waals surface area contributed by atoms with Gasteiger partial charge in [-0.25, -0.2) is 15.5 Å². The second-order valence-electron chi connectivity index (χ2n) is 8.60. The van der Waals surface area contributed by atoms with Crippen LogP contribution in [-0.4, -0.2) is 40.5 Å². The number of tetrazole rings is 1. The van der Waals surface area contributed by atoms with Gasteiger partial charge in [-0.05, 0) is 65.4 Å². The zero-order valence-electron chi connectivity index (χ0n) is 19.1. The van der Waals surface area contributed by atoms with Gasteiger partial charge in [-0.3, -0.25) is 4.79 Å². The number of nitrogens with zero attached hydrogens (tertiary/aromatic N) is 7. The van der Waals surface area contributed by atoms with Gasteiger partial charge >= 0.3 is 0 Å². The number of amides is 1. The standard InChI is InChI=1S/C23H25ClN10O/c1-14-18(21(6-5-19(14)24)34-13-28-30-31-34)8-27-23(35)20(25)12-33(26)11-17-10-32-9-16(15-2-3-15)4-7-22(32)29-17/h4-7,9-10,12-13,15H,2-3,8,11,25-26H2,1H3,(H,27,35)/b20-12-. The molecule has 4 aromatic rings. The smallest absolute Gasteiger partial charge is 0.268 e. The normalized spacial score (nSPS) is 13.9. The number of pyridine rings is 1. The molecule has 1 saturated carbocycles. The molecule has 1 aliphatic rings. The maximum absolute atomic E-state index is 12.7. The van der Waals surface area contributed by atoms with Gasteiger partial charge in [0, 0.05) is 35.7 Å². The van der Waals surface area contributed by atoms with Crippen LogP contribution < -0.4 is 16.9 Å². The van der Waals surface area contributed by atoms with E-state index < -0.39 is 5.91 Å². The Balaban J connectivity index is 1.24. The van der Waals surface area contributed by atoms with Crippen LogP contribution >= 0.6 is 11.6 Å².